The second-order valence-electron chi connectivity index (χ2n) is 9.24. The van der Waals surface area contributed by atoms with Crippen molar-refractivity contribution in [2.75, 3.05) is 0 Å². The summed E-state index contributed by atoms with van der Waals surface area (Å²) in [5, 5.41) is 9.31. The molecule has 3 unspecified atom stereocenters. The van der Waals surface area contributed by atoms with E-state index in [1.165, 1.54) is 18.3 Å². The second-order valence-corrected chi connectivity index (χ2v) is 10.0. The van der Waals surface area contributed by atoms with Gasteiger partial charge in [-0.2, -0.15) is 18.3 Å². The van der Waals surface area contributed by atoms with E-state index >= 15 is 0 Å². The number of allylic oxidation sites excluding steroid dienone is 6. The van der Waals surface area contributed by atoms with Crippen molar-refractivity contribution in [3.63, 3.8) is 0 Å². The van der Waals surface area contributed by atoms with Crippen molar-refractivity contribution in [1.82, 2.24) is 25.4 Å². The molecule has 198 valence electrons. The molecule has 1 saturated carbocycles. The van der Waals surface area contributed by atoms with Crippen LogP contribution < -0.4 is 10.6 Å². The van der Waals surface area contributed by atoms with Crippen LogP contribution in [0, 0.1) is 11.8 Å². The maximum absolute atomic E-state index is 13.6. The van der Waals surface area contributed by atoms with Crippen LogP contribution in [0.5, 0.6) is 0 Å². The fraction of sp³-hybridized carbons (Fsp3) is 0.308. The number of amides is 2. The molecular formula is C26H22Cl2F3N5O2. The number of nitrogens with zero attached hydrogens (tertiary/aromatic N) is 3. The molecule has 2 N–H and O–H groups in total. The number of pyridine rings is 1. The number of carbonyl (C=O) groups is 2. The second kappa shape index (κ2) is 10.1. The minimum atomic E-state index is -4.83. The zero-order chi connectivity index (χ0) is 27.2. The Balaban J connectivity index is 1.52. The van der Waals surface area contributed by atoms with Crippen molar-refractivity contribution in [3.8, 4) is 5.82 Å². The molecule has 0 spiro atoms. The molecule has 3 aliphatic carbocycles. The van der Waals surface area contributed by atoms with Gasteiger partial charge in [0.25, 0.3) is 11.8 Å². The van der Waals surface area contributed by atoms with Crippen molar-refractivity contribution < 1.29 is 22.8 Å². The molecule has 3 atom stereocenters. The summed E-state index contributed by atoms with van der Waals surface area (Å²) >= 11 is 12.9. The van der Waals surface area contributed by atoms with Crippen LogP contribution >= 0.6 is 23.2 Å². The topological polar surface area (TPSA) is 88.9 Å². The Morgan fingerprint density at radius 3 is 2.71 bits per heavy atom. The summed E-state index contributed by atoms with van der Waals surface area (Å²) in [6.07, 6.45) is 6.04. The van der Waals surface area contributed by atoms with E-state index in [0.29, 0.717) is 18.4 Å². The summed E-state index contributed by atoms with van der Waals surface area (Å²) in [7, 11) is 0. The monoisotopic (exact) mass is 563 g/mol. The summed E-state index contributed by atoms with van der Waals surface area (Å²) in [4.78, 5) is 30.7. The minimum Gasteiger partial charge on any atom is -0.349 e. The van der Waals surface area contributed by atoms with Crippen LogP contribution in [0.15, 0.2) is 70.6 Å². The highest BCUT2D eigenvalue weighted by Crippen LogP contribution is 2.40. The molecule has 7 nitrogen and oxygen atoms in total. The first-order valence-corrected chi connectivity index (χ1v) is 12.7. The molecule has 2 heterocycles. The maximum atomic E-state index is 13.6. The largest absolute Gasteiger partial charge is 0.435 e. The summed E-state index contributed by atoms with van der Waals surface area (Å²) in [6.45, 7) is 2.04. The molecule has 0 aromatic carbocycles. The fourth-order valence-corrected chi connectivity index (χ4v) is 5.13. The average Bonchev–Trinajstić information content (AvgIpc) is 3.47. The zero-order valence-corrected chi connectivity index (χ0v) is 21.5. The number of halogens is 5. The summed E-state index contributed by atoms with van der Waals surface area (Å²) in [6, 6.07) is 3.53. The van der Waals surface area contributed by atoms with Gasteiger partial charge in [-0.05, 0) is 42.5 Å². The third-order valence-electron chi connectivity index (χ3n) is 6.74. The molecule has 2 aromatic rings. The van der Waals surface area contributed by atoms with E-state index in [1.807, 2.05) is 25.2 Å². The van der Waals surface area contributed by atoms with Gasteiger partial charge in [-0.3, -0.25) is 9.59 Å². The predicted molar refractivity (Wildman–Crippen MR) is 135 cm³/mol. The lowest BCUT2D eigenvalue weighted by atomic mass is 9.83. The van der Waals surface area contributed by atoms with Gasteiger partial charge in [-0.15, -0.1) is 0 Å². The number of hydrogen-bond acceptors (Lipinski definition) is 4. The van der Waals surface area contributed by atoms with Crippen molar-refractivity contribution in [2.24, 2.45) is 11.8 Å². The van der Waals surface area contributed by atoms with Gasteiger partial charge >= 0.3 is 6.18 Å². The third kappa shape index (κ3) is 5.02. The Morgan fingerprint density at radius 2 is 2.03 bits per heavy atom. The van der Waals surface area contributed by atoms with Crippen LogP contribution in [0.2, 0.25) is 5.02 Å². The van der Waals surface area contributed by atoms with Crippen molar-refractivity contribution in [3.05, 3.63) is 87.0 Å². The van der Waals surface area contributed by atoms with Gasteiger partial charge in [0, 0.05) is 24.2 Å². The lowest BCUT2D eigenvalue weighted by Gasteiger charge is -2.28. The third-order valence-corrected chi connectivity index (χ3v) is 7.49. The SMILES string of the molecule is CCC1CC1NC(=O)C1=CC2=CC=CCC2C(Cl)=C1NC(=O)c1cc(C(F)(F)F)nn1-c1ncccc1Cl. The quantitative estimate of drug-likeness (QED) is 0.487. The van der Waals surface area contributed by atoms with Gasteiger partial charge in [-0.25, -0.2) is 9.67 Å². The van der Waals surface area contributed by atoms with E-state index in [-0.39, 0.29) is 39.1 Å². The maximum Gasteiger partial charge on any atom is 0.435 e. The Hall–Kier alpha value is -3.37. The Morgan fingerprint density at radius 1 is 1.24 bits per heavy atom. The van der Waals surface area contributed by atoms with Crippen molar-refractivity contribution in [1.29, 1.82) is 0 Å². The van der Waals surface area contributed by atoms with Crippen LogP contribution in [-0.2, 0) is 11.0 Å². The number of rotatable bonds is 6. The number of aromatic nitrogens is 3. The highest BCUT2D eigenvalue weighted by atomic mass is 35.5. The van der Waals surface area contributed by atoms with Gasteiger partial charge in [-0.1, -0.05) is 54.8 Å². The van der Waals surface area contributed by atoms with Gasteiger partial charge in [0.1, 0.15) is 5.69 Å². The highest BCUT2D eigenvalue weighted by molar-refractivity contribution is 6.32. The fourth-order valence-electron chi connectivity index (χ4n) is 4.57. The van der Waals surface area contributed by atoms with Gasteiger partial charge in [0.05, 0.1) is 21.3 Å². The van der Waals surface area contributed by atoms with Crippen molar-refractivity contribution >= 4 is 35.0 Å². The smallest absolute Gasteiger partial charge is 0.349 e. The van der Waals surface area contributed by atoms with Crippen LogP contribution in [0.3, 0.4) is 0 Å². The molecule has 12 heteroatoms. The number of nitrogens with one attached hydrogen (secondary N) is 2. The normalized spacial score (nSPS) is 22.4. The zero-order valence-electron chi connectivity index (χ0n) is 20.0. The highest BCUT2D eigenvalue weighted by Gasteiger charge is 2.40. The van der Waals surface area contributed by atoms with Crippen LogP contribution in [-0.4, -0.2) is 32.6 Å². The molecular weight excluding hydrogens is 542 g/mol. The van der Waals surface area contributed by atoms with Crippen LogP contribution in [0.1, 0.15) is 42.4 Å². The molecule has 0 bridgehead atoms. The van der Waals surface area contributed by atoms with E-state index in [0.717, 1.165) is 23.1 Å². The van der Waals surface area contributed by atoms with E-state index in [1.54, 1.807) is 6.08 Å². The number of alkyl halides is 3. The van der Waals surface area contributed by atoms with Gasteiger partial charge in [0.2, 0.25) is 0 Å². The minimum absolute atomic E-state index is 0.00747. The summed E-state index contributed by atoms with van der Waals surface area (Å²) in [5.74, 6) is -1.47. The van der Waals surface area contributed by atoms with E-state index in [2.05, 4.69) is 20.7 Å². The number of hydrogen-bond donors (Lipinski definition) is 2. The molecule has 38 heavy (non-hydrogen) atoms. The van der Waals surface area contributed by atoms with Gasteiger partial charge < -0.3 is 10.6 Å². The molecule has 0 saturated heterocycles. The van der Waals surface area contributed by atoms with Crippen LogP contribution in [0.4, 0.5) is 13.2 Å². The molecule has 0 radical (unpaired) electrons. The Labute approximate surface area is 226 Å². The standard InChI is InChI=1S/C26H22Cl2F3N5O2/c1-2-13-11-18(13)33-24(37)16-10-14-6-3-4-7-15(14)21(28)22(16)34-25(38)19-12-20(26(29,30)31)35-36(19)23-17(27)8-5-9-32-23/h3-6,8-10,12-13,15,18H,2,7,11H2,1H3,(H,33,37)(H,34,38). The lowest BCUT2D eigenvalue weighted by Crippen LogP contribution is -2.36. The summed E-state index contributed by atoms with van der Waals surface area (Å²) in [5.41, 5.74) is -0.820. The average molecular weight is 564 g/mol. The molecule has 3 aliphatic rings. The summed E-state index contributed by atoms with van der Waals surface area (Å²) < 4.78 is 41.4. The first-order chi connectivity index (χ1) is 18.1. The molecule has 5 rings (SSSR count). The Kier molecular flexibility index (Phi) is 6.96. The molecule has 0 aliphatic heterocycles. The number of fused-ring (bicyclic) bond motifs is 1. The van der Waals surface area contributed by atoms with E-state index in [4.69, 9.17) is 23.2 Å². The van der Waals surface area contributed by atoms with E-state index < -0.39 is 29.4 Å². The lowest BCUT2D eigenvalue weighted by molar-refractivity contribution is -0.141. The van der Waals surface area contributed by atoms with E-state index in [9.17, 15) is 22.8 Å². The number of carbonyl (C=O) groups excluding carboxylic acids is 2. The van der Waals surface area contributed by atoms with Crippen molar-refractivity contribution in [2.45, 2.75) is 38.4 Å². The van der Waals surface area contributed by atoms with Gasteiger partial charge in [0.15, 0.2) is 11.5 Å². The first kappa shape index (κ1) is 26.2. The molecule has 2 amide bonds. The first-order valence-electron chi connectivity index (χ1n) is 12.0. The van der Waals surface area contributed by atoms with Crippen LogP contribution in [0.25, 0.3) is 5.82 Å². The Bertz CT molecular complexity index is 1440. The molecule has 1 fully saturated rings. The predicted octanol–water partition coefficient (Wildman–Crippen LogP) is 5.48. The molecule has 2 aromatic heterocycles.